The molecule has 0 atom stereocenters. The van der Waals surface area contributed by atoms with Crippen LogP contribution in [0.15, 0.2) is 18.2 Å². The Morgan fingerprint density at radius 3 is 2.79 bits per heavy atom. The van der Waals surface area contributed by atoms with Crippen molar-refractivity contribution >= 4 is 11.6 Å². The third kappa shape index (κ3) is 3.17. The first-order valence-electron chi connectivity index (χ1n) is 6.57. The molecule has 5 heteroatoms. The summed E-state index contributed by atoms with van der Waals surface area (Å²) in [7, 11) is 0. The van der Waals surface area contributed by atoms with Gasteiger partial charge >= 0.3 is 0 Å². The van der Waals surface area contributed by atoms with Gasteiger partial charge in [-0.25, -0.2) is 0 Å². The Morgan fingerprint density at radius 1 is 1.53 bits per heavy atom. The van der Waals surface area contributed by atoms with Crippen molar-refractivity contribution in [2.24, 2.45) is 0 Å². The van der Waals surface area contributed by atoms with Crippen molar-refractivity contribution < 1.29 is 14.6 Å². The predicted molar refractivity (Wildman–Crippen MR) is 73.2 cm³/mol. The van der Waals surface area contributed by atoms with Gasteiger partial charge in [-0.2, -0.15) is 0 Å². The summed E-state index contributed by atoms with van der Waals surface area (Å²) >= 11 is 0. The smallest absolute Gasteiger partial charge is 0.251 e. The highest BCUT2D eigenvalue weighted by Crippen LogP contribution is 2.30. The van der Waals surface area contributed by atoms with Crippen molar-refractivity contribution in [2.75, 3.05) is 18.9 Å². The quantitative estimate of drug-likeness (QED) is 0.700. The van der Waals surface area contributed by atoms with E-state index in [1.165, 1.54) is 0 Å². The number of aliphatic hydroxyl groups is 1. The second kappa shape index (κ2) is 5.48. The molecule has 4 N–H and O–H groups in total. The number of benzene rings is 1. The monoisotopic (exact) mass is 264 g/mol. The van der Waals surface area contributed by atoms with Crippen LogP contribution in [-0.4, -0.2) is 29.8 Å². The van der Waals surface area contributed by atoms with Crippen LogP contribution >= 0.6 is 0 Å². The second-order valence-corrected chi connectivity index (χ2v) is 4.95. The van der Waals surface area contributed by atoms with Crippen LogP contribution in [0.2, 0.25) is 0 Å². The van der Waals surface area contributed by atoms with Crippen LogP contribution in [0.3, 0.4) is 0 Å². The molecule has 5 nitrogen and oxygen atoms in total. The van der Waals surface area contributed by atoms with Crippen LogP contribution in [-0.2, 0) is 0 Å². The zero-order chi connectivity index (χ0) is 13.9. The van der Waals surface area contributed by atoms with Crippen LogP contribution in [0.1, 0.15) is 36.5 Å². The molecule has 0 bridgehead atoms. The van der Waals surface area contributed by atoms with E-state index in [9.17, 15) is 9.90 Å². The van der Waals surface area contributed by atoms with E-state index in [-0.39, 0.29) is 5.91 Å². The zero-order valence-electron chi connectivity index (χ0n) is 11.1. The van der Waals surface area contributed by atoms with E-state index in [1.807, 2.05) is 6.92 Å². The number of anilines is 1. The van der Waals surface area contributed by atoms with Gasteiger partial charge in [-0.3, -0.25) is 4.79 Å². The number of rotatable bonds is 5. The normalized spacial score (nSPS) is 16.5. The summed E-state index contributed by atoms with van der Waals surface area (Å²) in [6.07, 6.45) is 2.51. The molecule has 0 spiro atoms. The van der Waals surface area contributed by atoms with E-state index in [4.69, 9.17) is 10.5 Å². The number of carbonyl (C=O) groups excluding carboxylic acids is 1. The molecule has 0 heterocycles. The maximum atomic E-state index is 11.9. The van der Waals surface area contributed by atoms with Gasteiger partial charge in [-0.15, -0.1) is 0 Å². The first kappa shape index (κ1) is 13.7. The van der Waals surface area contributed by atoms with Gasteiger partial charge in [-0.1, -0.05) is 0 Å². The molecule has 0 aliphatic heterocycles. The highest BCUT2D eigenvalue weighted by molar-refractivity contribution is 5.95. The van der Waals surface area contributed by atoms with Crippen molar-refractivity contribution in [1.82, 2.24) is 5.32 Å². The number of ether oxygens (including phenoxy) is 1. The summed E-state index contributed by atoms with van der Waals surface area (Å²) in [5.41, 5.74) is 6.01. The average Bonchev–Trinajstić information content (AvgIpc) is 2.36. The third-order valence-corrected chi connectivity index (χ3v) is 3.43. The van der Waals surface area contributed by atoms with Crippen LogP contribution < -0.4 is 15.8 Å². The maximum Gasteiger partial charge on any atom is 0.251 e. The molecule has 1 aliphatic carbocycles. The number of nitrogen functional groups attached to an aromatic ring is 1. The topological polar surface area (TPSA) is 84.6 Å². The first-order valence-corrected chi connectivity index (χ1v) is 6.57. The van der Waals surface area contributed by atoms with Crippen molar-refractivity contribution in [3.8, 4) is 5.75 Å². The molecule has 0 unspecified atom stereocenters. The highest BCUT2D eigenvalue weighted by atomic mass is 16.5. The van der Waals surface area contributed by atoms with Crippen LogP contribution in [0.5, 0.6) is 5.75 Å². The van der Waals surface area contributed by atoms with Crippen LogP contribution in [0.25, 0.3) is 0 Å². The number of amides is 1. The van der Waals surface area contributed by atoms with E-state index in [0.29, 0.717) is 30.2 Å². The lowest BCUT2D eigenvalue weighted by molar-refractivity contribution is -0.0300. The standard InChI is InChI=1S/C14H20N2O3/c1-2-19-12-5-4-10(8-11(12)15)13(17)16-9-14(18)6-3-7-14/h4-5,8,18H,2-3,6-7,9,15H2,1H3,(H,16,17). The fourth-order valence-corrected chi connectivity index (χ4v) is 2.09. The zero-order valence-corrected chi connectivity index (χ0v) is 11.1. The van der Waals surface area contributed by atoms with Gasteiger partial charge in [0.25, 0.3) is 5.91 Å². The van der Waals surface area contributed by atoms with E-state index in [1.54, 1.807) is 18.2 Å². The summed E-state index contributed by atoms with van der Waals surface area (Å²) in [6.45, 7) is 2.70. The lowest BCUT2D eigenvalue weighted by Gasteiger charge is -2.36. The Kier molecular flexibility index (Phi) is 3.95. The molecule has 1 saturated carbocycles. The average molecular weight is 264 g/mol. The third-order valence-electron chi connectivity index (χ3n) is 3.43. The molecular weight excluding hydrogens is 244 g/mol. The number of hydrogen-bond acceptors (Lipinski definition) is 4. The van der Waals surface area contributed by atoms with Crippen LogP contribution in [0.4, 0.5) is 5.69 Å². The molecule has 0 radical (unpaired) electrons. The lowest BCUT2D eigenvalue weighted by Crippen LogP contribution is -2.47. The molecule has 1 amide bonds. The SMILES string of the molecule is CCOc1ccc(C(=O)NCC2(O)CCC2)cc1N. The van der Waals surface area contributed by atoms with Gasteiger partial charge in [0.2, 0.25) is 0 Å². The molecule has 104 valence electrons. The predicted octanol–water partition coefficient (Wildman–Crippen LogP) is 1.31. The first-order chi connectivity index (χ1) is 9.04. The molecule has 0 aromatic heterocycles. The van der Waals surface area contributed by atoms with Gasteiger partial charge in [0, 0.05) is 12.1 Å². The Balaban J connectivity index is 1.97. The summed E-state index contributed by atoms with van der Waals surface area (Å²) < 4.78 is 5.32. The minimum absolute atomic E-state index is 0.227. The van der Waals surface area contributed by atoms with Gasteiger partial charge < -0.3 is 20.9 Å². The Bertz CT molecular complexity index is 470. The van der Waals surface area contributed by atoms with E-state index >= 15 is 0 Å². The van der Waals surface area contributed by atoms with Crippen molar-refractivity contribution in [2.45, 2.75) is 31.8 Å². The molecule has 19 heavy (non-hydrogen) atoms. The summed E-state index contributed by atoms with van der Waals surface area (Å²) in [4.78, 5) is 11.9. The molecule has 0 saturated heterocycles. The molecule has 1 fully saturated rings. The summed E-state index contributed by atoms with van der Waals surface area (Å²) in [6, 6.07) is 4.94. The van der Waals surface area contributed by atoms with E-state index < -0.39 is 5.60 Å². The molecule has 1 aromatic carbocycles. The van der Waals surface area contributed by atoms with Gasteiger partial charge in [-0.05, 0) is 44.4 Å². The fourth-order valence-electron chi connectivity index (χ4n) is 2.09. The van der Waals surface area contributed by atoms with E-state index in [2.05, 4.69) is 5.32 Å². The number of hydrogen-bond donors (Lipinski definition) is 3. The fraction of sp³-hybridized carbons (Fsp3) is 0.500. The summed E-state index contributed by atoms with van der Waals surface area (Å²) in [5, 5.41) is 12.6. The number of carbonyl (C=O) groups is 1. The Morgan fingerprint density at radius 2 is 2.26 bits per heavy atom. The molecule has 2 rings (SSSR count). The van der Waals surface area contributed by atoms with E-state index in [0.717, 1.165) is 19.3 Å². The number of nitrogens with one attached hydrogen (secondary N) is 1. The van der Waals surface area contributed by atoms with Crippen molar-refractivity contribution in [3.63, 3.8) is 0 Å². The molecule has 1 aromatic rings. The largest absolute Gasteiger partial charge is 0.492 e. The van der Waals surface area contributed by atoms with Crippen molar-refractivity contribution in [3.05, 3.63) is 23.8 Å². The lowest BCUT2D eigenvalue weighted by atomic mass is 9.80. The minimum atomic E-state index is -0.716. The van der Waals surface area contributed by atoms with Crippen molar-refractivity contribution in [1.29, 1.82) is 0 Å². The Labute approximate surface area is 112 Å². The molecule has 1 aliphatic rings. The molecular formula is C14H20N2O3. The Hall–Kier alpha value is -1.75. The van der Waals surface area contributed by atoms with Gasteiger partial charge in [0.15, 0.2) is 0 Å². The summed E-state index contributed by atoms with van der Waals surface area (Å²) in [5.74, 6) is 0.353. The maximum absolute atomic E-state index is 11.9. The number of nitrogens with two attached hydrogens (primary N) is 1. The minimum Gasteiger partial charge on any atom is -0.492 e. The second-order valence-electron chi connectivity index (χ2n) is 4.95. The highest BCUT2D eigenvalue weighted by Gasteiger charge is 2.34. The van der Waals surface area contributed by atoms with Gasteiger partial charge in [0.1, 0.15) is 5.75 Å². The van der Waals surface area contributed by atoms with Crippen LogP contribution in [0, 0.1) is 0 Å². The van der Waals surface area contributed by atoms with Gasteiger partial charge in [0.05, 0.1) is 17.9 Å².